The van der Waals surface area contributed by atoms with E-state index >= 15 is 0 Å². The van der Waals surface area contributed by atoms with Crippen molar-refractivity contribution in [2.24, 2.45) is 5.10 Å². The van der Waals surface area contributed by atoms with E-state index in [1.807, 2.05) is 24.3 Å². The van der Waals surface area contributed by atoms with Crippen molar-refractivity contribution in [1.82, 2.24) is 4.98 Å². The summed E-state index contributed by atoms with van der Waals surface area (Å²) >= 11 is 7.64. The lowest BCUT2D eigenvalue weighted by Crippen LogP contribution is -2.10. The standard InChI is InChI=1S/C16H10ClN3OS/c17-11-5-3-4-9-10(11)8-13(15(9)21)19-20-16-18-12-6-1-2-7-14(12)22-16/h1-7H,8H2,(H,18,20)/b19-13-. The zero-order valence-electron chi connectivity index (χ0n) is 11.3. The zero-order chi connectivity index (χ0) is 15.1. The van der Waals surface area contributed by atoms with Crippen LogP contribution in [0.5, 0.6) is 0 Å². The Kier molecular flexibility index (Phi) is 3.17. The second-order valence-electron chi connectivity index (χ2n) is 4.93. The Bertz CT molecular complexity index is 899. The van der Waals surface area contributed by atoms with Crippen LogP contribution in [0.3, 0.4) is 0 Å². The van der Waals surface area contributed by atoms with E-state index in [1.54, 1.807) is 18.2 Å². The number of Topliss-reactive ketones (excluding diaryl/α,β-unsaturated/α-hetero) is 1. The lowest BCUT2D eigenvalue weighted by molar-refractivity contribution is 0.106. The number of anilines is 1. The molecular formula is C16H10ClN3OS. The highest BCUT2D eigenvalue weighted by atomic mass is 35.5. The lowest BCUT2D eigenvalue weighted by Gasteiger charge is -1.97. The third kappa shape index (κ3) is 2.19. The molecule has 0 radical (unpaired) electrons. The van der Waals surface area contributed by atoms with E-state index in [-0.39, 0.29) is 5.78 Å². The number of hydrogen-bond acceptors (Lipinski definition) is 5. The average molecular weight is 328 g/mol. The first-order chi connectivity index (χ1) is 10.7. The average Bonchev–Trinajstić information content (AvgIpc) is 3.08. The number of rotatable bonds is 2. The van der Waals surface area contributed by atoms with Gasteiger partial charge in [0.1, 0.15) is 5.71 Å². The van der Waals surface area contributed by atoms with Crippen molar-refractivity contribution >= 4 is 49.8 Å². The maximum atomic E-state index is 12.3. The number of aromatic nitrogens is 1. The Balaban J connectivity index is 1.62. The second-order valence-corrected chi connectivity index (χ2v) is 6.37. The Hall–Kier alpha value is -2.24. The van der Waals surface area contributed by atoms with Crippen LogP contribution in [0.25, 0.3) is 10.2 Å². The van der Waals surface area contributed by atoms with Gasteiger partial charge in [0.25, 0.3) is 0 Å². The maximum absolute atomic E-state index is 12.3. The smallest absolute Gasteiger partial charge is 0.209 e. The van der Waals surface area contributed by atoms with Gasteiger partial charge in [0.05, 0.1) is 10.2 Å². The van der Waals surface area contributed by atoms with Gasteiger partial charge in [-0.05, 0) is 23.8 Å². The Morgan fingerprint density at radius 3 is 2.86 bits per heavy atom. The predicted octanol–water partition coefficient (Wildman–Crippen LogP) is 4.16. The molecule has 2 aromatic carbocycles. The summed E-state index contributed by atoms with van der Waals surface area (Å²) in [6.45, 7) is 0. The number of fused-ring (bicyclic) bond motifs is 2. The lowest BCUT2D eigenvalue weighted by atomic mass is 10.1. The highest BCUT2D eigenvalue weighted by Gasteiger charge is 2.28. The van der Waals surface area contributed by atoms with Gasteiger partial charge >= 0.3 is 0 Å². The molecular weight excluding hydrogens is 318 g/mol. The van der Waals surface area contributed by atoms with Crippen LogP contribution < -0.4 is 5.43 Å². The van der Waals surface area contributed by atoms with Gasteiger partial charge in [-0.3, -0.25) is 10.2 Å². The van der Waals surface area contributed by atoms with Crippen molar-refractivity contribution in [3.05, 3.63) is 58.6 Å². The van der Waals surface area contributed by atoms with E-state index in [9.17, 15) is 4.79 Å². The number of ketones is 1. The number of nitrogens with one attached hydrogen (secondary N) is 1. The van der Waals surface area contributed by atoms with Gasteiger partial charge in [-0.25, -0.2) is 4.98 Å². The van der Waals surface area contributed by atoms with E-state index in [0.717, 1.165) is 15.8 Å². The second kappa shape index (κ2) is 5.19. The molecule has 0 unspecified atom stereocenters. The Morgan fingerprint density at radius 2 is 2.05 bits per heavy atom. The quantitative estimate of drug-likeness (QED) is 0.719. The van der Waals surface area contributed by atoms with Crippen LogP contribution in [0, 0.1) is 0 Å². The number of benzene rings is 2. The van der Waals surface area contributed by atoms with E-state index in [0.29, 0.717) is 27.9 Å². The van der Waals surface area contributed by atoms with Crippen LogP contribution in [0.1, 0.15) is 15.9 Å². The van der Waals surface area contributed by atoms with Crippen molar-refractivity contribution in [3.63, 3.8) is 0 Å². The van der Waals surface area contributed by atoms with Crippen molar-refractivity contribution in [1.29, 1.82) is 0 Å². The summed E-state index contributed by atoms with van der Waals surface area (Å²) in [4.78, 5) is 16.7. The van der Waals surface area contributed by atoms with E-state index in [4.69, 9.17) is 11.6 Å². The summed E-state index contributed by atoms with van der Waals surface area (Å²) in [6, 6.07) is 13.2. The van der Waals surface area contributed by atoms with E-state index in [2.05, 4.69) is 15.5 Å². The largest absolute Gasteiger partial charge is 0.287 e. The summed E-state index contributed by atoms with van der Waals surface area (Å²) in [6.07, 6.45) is 0.450. The van der Waals surface area contributed by atoms with Gasteiger partial charge in [0, 0.05) is 17.0 Å². The molecule has 0 atom stereocenters. The zero-order valence-corrected chi connectivity index (χ0v) is 12.9. The molecule has 1 heterocycles. The number of nitrogens with zero attached hydrogens (tertiary/aromatic N) is 2. The van der Waals surface area contributed by atoms with Gasteiger partial charge < -0.3 is 0 Å². The van der Waals surface area contributed by atoms with Gasteiger partial charge in [0.15, 0.2) is 0 Å². The molecule has 0 bridgehead atoms. The number of halogens is 1. The molecule has 22 heavy (non-hydrogen) atoms. The summed E-state index contributed by atoms with van der Waals surface area (Å²) in [5.74, 6) is -0.0777. The summed E-state index contributed by atoms with van der Waals surface area (Å²) in [5, 5.41) is 5.51. The summed E-state index contributed by atoms with van der Waals surface area (Å²) < 4.78 is 1.08. The van der Waals surface area contributed by atoms with Crippen LogP contribution >= 0.6 is 22.9 Å². The highest BCUT2D eigenvalue weighted by molar-refractivity contribution is 7.22. The molecule has 6 heteroatoms. The van der Waals surface area contributed by atoms with Crippen molar-refractivity contribution < 1.29 is 4.79 Å². The van der Waals surface area contributed by atoms with Crippen molar-refractivity contribution in [2.45, 2.75) is 6.42 Å². The number of hydrazone groups is 1. The minimum Gasteiger partial charge on any atom is -0.287 e. The molecule has 0 saturated carbocycles. The molecule has 0 spiro atoms. The van der Waals surface area contributed by atoms with Crippen LogP contribution in [0.15, 0.2) is 47.6 Å². The molecule has 0 fully saturated rings. The summed E-state index contributed by atoms with van der Waals surface area (Å²) in [5.41, 5.74) is 5.75. The molecule has 108 valence electrons. The van der Waals surface area contributed by atoms with E-state index < -0.39 is 0 Å². The minimum absolute atomic E-state index is 0.0777. The van der Waals surface area contributed by atoms with Gasteiger partial charge in [0.2, 0.25) is 10.9 Å². The molecule has 0 aliphatic heterocycles. The normalized spacial score (nSPS) is 15.5. The fourth-order valence-electron chi connectivity index (χ4n) is 2.48. The minimum atomic E-state index is -0.0777. The van der Waals surface area contributed by atoms with Gasteiger partial charge in [-0.2, -0.15) is 5.10 Å². The molecule has 4 nitrogen and oxygen atoms in total. The monoisotopic (exact) mass is 327 g/mol. The molecule has 3 aromatic rings. The van der Waals surface area contributed by atoms with E-state index in [1.165, 1.54) is 11.3 Å². The number of carbonyl (C=O) groups is 1. The number of carbonyl (C=O) groups excluding carboxylic acids is 1. The number of para-hydroxylation sites is 1. The first-order valence-corrected chi connectivity index (χ1v) is 7.92. The van der Waals surface area contributed by atoms with Crippen molar-refractivity contribution in [2.75, 3.05) is 5.43 Å². The fourth-order valence-corrected chi connectivity index (χ4v) is 3.53. The molecule has 0 amide bonds. The Labute approximate surface area is 135 Å². The van der Waals surface area contributed by atoms with Crippen LogP contribution in [-0.2, 0) is 6.42 Å². The Morgan fingerprint density at radius 1 is 1.18 bits per heavy atom. The molecule has 4 rings (SSSR count). The maximum Gasteiger partial charge on any atom is 0.209 e. The molecule has 1 N–H and O–H groups in total. The topological polar surface area (TPSA) is 54.4 Å². The van der Waals surface area contributed by atoms with Crippen molar-refractivity contribution in [3.8, 4) is 0 Å². The highest BCUT2D eigenvalue weighted by Crippen LogP contribution is 2.28. The molecule has 0 saturated heterocycles. The number of thiazole rings is 1. The SMILES string of the molecule is O=C1/C(=N\Nc2nc3ccccc3s2)Cc2c(Cl)cccc21. The molecule has 1 aliphatic rings. The fraction of sp³-hybridized carbons (Fsp3) is 0.0625. The molecule has 1 aromatic heterocycles. The first-order valence-electron chi connectivity index (χ1n) is 6.72. The van der Waals surface area contributed by atoms with Gasteiger partial charge in [-0.15, -0.1) is 0 Å². The number of hydrogen-bond donors (Lipinski definition) is 1. The third-order valence-corrected chi connectivity index (χ3v) is 4.85. The van der Waals surface area contributed by atoms with Gasteiger partial charge in [-0.1, -0.05) is 47.2 Å². The first kappa shape index (κ1) is 13.4. The van der Waals surface area contributed by atoms with Crippen LogP contribution in [0.2, 0.25) is 5.02 Å². The predicted molar refractivity (Wildman–Crippen MR) is 90.2 cm³/mol. The summed E-state index contributed by atoms with van der Waals surface area (Å²) in [7, 11) is 0. The molecule has 1 aliphatic carbocycles. The van der Waals surface area contributed by atoms with Crippen LogP contribution in [-0.4, -0.2) is 16.5 Å². The third-order valence-electron chi connectivity index (χ3n) is 3.55. The van der Waals surface area contributed by atoms with Crippen LogP contribution in [0.4, 0.5) is 5.13 Å².